The zero-order chi connectivity index (χ0) is 11.4. The second-order valence-corrected chi connectivity index (χ2v) is 4.09. The second-order valence-electron chi connectivity index (χ2n) is 3.23. The smallest absolute Gasteiger partial charge is 0.141 e. The molecule has 0 amide bonds. The van der Waals surface area contributed by atoms with Crippen LogP contribution in [0.25, 0.3) is 0 Å². The second kappa shape index (κ2) is 5.04. The van der Waals surface area contributed by atoms with Crippen molar-refractivity contribution in [3.63, 3.8) is 0 Å². The van der Waals surface area contributed by atoms with Crippen LogP contribution in [0.5, 0.6) is 0 Å². The molecule has 0 N–H and O–H groups in total. The van der Waals surface area contributed by atoms with Gasteiger partial charge in [0.2, 0.25) is 0 Å². The Morgan fingerprint density at radius 3 is 2.87 bits per heavy atom. The average Bonchev–Trinajstić information content (AvgIpc) is 2.19. The molecule has 0 aromatic heterocycles. The van der Waals surface area contributed by atoms with Gasteiger partial charge in [0.05, 0.1) is 16.5 Å². The predicted molar refractivity (Wildman–Crippen MR) is 57.8 cm³/mol. The lowest BCUT2D eigenvalue weighted by molar-refractivity contribution is -0.117. The third-order valence-electron chi connectivity index (χ3n) is 2.00. The molecule has 0 aliphatic heterocycles. The summed E-state index contributed by atoms with van der Waals surface area (Å²) in [5.74, 6) is -1.30. The highest BCUT2D eigenvalue weighted by atomic mass is 79.9. The lowest BCUT2D eigenvalue weighted by Crippen LogP contribution is -2.04. The van der Waals surface area contributed by atoms with Crippen molar-refractivity contribution in [1.29, 1.82) is 5.26 Å². The fourth-order valence-electron chi connectivity index (χ4n) is 1.30. The number of Topliss-reactive ketones (excluding diaryl/α,β-unsaturated/α-hetero) is 1. The van der Waals surface area contributed by atoms with Crippen molar-refractivity contribution in [2.75, 3.05) is 0 Å². The Morgan fingerprint density at radius 2 is 2.33 bits per heavy atom. The Kier molecular flexibility index (Phi) is 3.98. The van der Waals surface area contributed by atoms with E-state index in [-0.39, 0.29) is 17.8 Å². The molecule has 15 heavy (non-hydrogen) atoms. The summed E-state index contributed by atoms with van der Waals surface area (Å²) < 4.78 is 13.9. The minimum Gasteiger partial charge on any atom is -0.300 e. The van der Waals surface area contributed by atoms with E-state index in [1.807, 2.05) is 6.07 Å². The summed E-state index contributed by atoms with van der Waals surface area (Å²) in [4.78, 5) is 10.9. The molecule has 0 saturated heterocycles. The van der Waals surface area contributed by atoms with Gasteiger partial charge >= 0.3 is 0 Å². The largest absolute Gasteiger partial charge is 0.300 e. The molecule has 1 aromatic carbocycles. The van der Waals surface area contributed by atoms with E-state index in [1.54, 1.807) is 12.1 Å². The van der Waals surface area contributed by atoms with Crippen LogP contribution in [0.3, 0.4) is 0 Å². The lowest BCUT2D eigenvalue weighted by atomic mass is 9.95. The summed E-state index contributed by atoms with van der Waals surface area (Å²) in [6.45, 7) is 1.39. The Hall–Kier alpha value is -1.21. The van der Waals surface area contributed by atoms with Crippen LogP contribution in [0.2, 0.25) is 0 Å². The summed E-state index contributed by atoms with van der Waals surface area (Å²) in [7, 11) is 0. The highest BCUT2D eigenvalue weighted by molar-refractivity contribution is 9.10. The van der Waals surface area contributed by atoms with Gasteiger partial charge in [-0.1, -0.05) is 12.1 Å². The molecule has 1 aromatic rings. The molecule has 78 valence electrons. The first-order valence-electron chi connectivity index (χ1n) is 4.39. The minimum absolute atomic E-state index is 0.0455. The molecule has 0 spiro atoms. The van der Waals surface area contributed by atoms with E-state index in [0.29, 0.717) is 4.47 Å². The van der Waals surface area contributed by atoms with Gasteiger partial charge in [-0.15, -0.1) is 0 Å². The number of halogens is 2. The highest BCUT2D eigenvalue weighted by Gasteiger charge is 2.18. The molecule has 0 fully saturated rings. The van der Waals surface area contributed by atoms with Crippen LogP contribution in [-0.2, 0) is 4.79 Å². The van der Waals surface area contributed by atoms with E-state index in [1.165, 1.54) is 13.0 Å². The van der Waals surface area contributed by atoms with E-state index < -0.39 is 11.7 Å². The predicted octanol–water partition coefficient (Wildman–Crippen LogP) is 3.17. The molecule has 2 nitrogen and oxygen atoms in total. The Balaban J connectivity index is 3.08. The first kappa shape index (κ1) is 11.9. The van der Waals surface area contributed by atoms with Crippen molar-refractivity contribution in [1.82, 2.24) is 0 Å². The van der Waals surface area contributed by atoms with Crippen LogP contribution < -0.4 is 0 Å². The molecule has 0 heterocycles. The normalized spacial score (nSPS) is 11.9. The molecule has 0 aliphatic rings. The summed E-state index contributed by atoms with van der Waals surface area (Å²) >= 11 is 3.04. The van der Waals surface area contributed by atoms with E-state index in [4.69, 9.17) is 5.26 Å². The molecule has 0 saturated carbocycles. The Bertz CT molecular complexity index is 425. The summed E-state index contributed by atoms with van der Waals surface area (Å²) in [5.41, 5.74) is 0.266. The van der Waals surface area contributed by atoms with Crippen LogP contribution >= 0.6 is 15.9 Å². The summed E-state index contributed by atoms with van der Waals surface area (Å²) in [6.07, 6.45) is 0.0455. The van der Waals surface area contributed by atoms with Crippen LogP contribution in [0.15, 0.2) is 22.7 Å². The summed E-state index contributed by atoms with van der Waals surface area (Å²) in [6, 6.07) is 6.66. The van der Waals surface area contributed by atoms with Gasteiger partial charge in [0.25, 0.3) is 0 Å². The maximum Gasteiger partial charge on any atom is 0.141 e. The van der Waals surface area contributed by atoms with E-state index in [2.05, 4.69) is 15.9 Å². The molecular formula is C11H9BrFNO. The molecule has 0 aliphatic carbocycles. The fraction of sp³-hybridized carbons (Fsp3) is 0.273. The average molecular weight is 270 g/mol. The molecule has 4 heteroatoms. The molecule has 0 bridgehead atoms. The van der Waals surface area contributed by atoms with Gasteiger partial charge in [-0.2, -0.15) is 5.26 Å². The third kappa shape index (κ3) is 2.87. The fourth-order valence-corrected chi connectivity index (χ4v) is 1.68. The van der Waals surface area contributed by atoms with Gasteiger partial charge in [0.1, 0.15) is 11.6 Å². The van der Waals surface area contributed by atoms with Crippen molar-refractivity contribution in [3.8, 4) is 6.07 Å². The van der Waals surface area contributed by atoms with Gasteiger partial charge in [0.15, 0.2) is 0 Å². The summed E-state index contributed by atoms with van der Waals surface area (Å²) in [5, 5.41) is 8.86. The van der Waals surface area contributed by atoms with Crippen LogP contribution in [-0.4, -0.2) is 5.78 Å². The SMILES string of the molecule is CC(=O)CC(C#N)c1cccc(Br)c1F. The highest BCUT2D eigenvalue weighted by Crippen LogP contribution is 2.26. The van der Waals surface area contributed by atoms with Crippen molar-refractivity contribution in [2.45, 2.75) is 19.3 Å². The standard InChI is InChI=1S/C11H9BrFNO/c1-7(15)5-8(6-14)9-3-2-4-10(12)11(9)13/h2-4,8H,5H2,1H3. The third-order valence-corrected chi connectivity index (χ3v) is 2.62. The molecule has 1 atom stereocenters. The van der Waals surface area contributed by atoms with Gasteiger partial charge in [-0.3, -0.25) is 4.79 Å². The lowest BCUT2D eigenvalue weighted by Gasteiger charge is -2.09. The quantitative estimate of drug-likeness (QED) is 0.846. The molecular weight excluding hydrogens is 261 g/mol. The number of rotatable bonds is 3. The number of nitrogens with zero attached hydrogens (tertiary/aromatic N) is 1. The van der Waals surface area contributed by atoms with Gasteiger partial charge in [-0.25, -0.2) is 4.39 Å². The van der Waals surface area contributed by atoms with Gasteiger partial charge in [0, 0.05) is 12.0 Å². The first-order chi connectivity index (χ1) is 7.06. The van der Waals surface area contributed by atoms with Crippen molar-refractivity contribution >= 4 is 21.7 Å². The van der Waals surface area contributed by atoms with E-state index in [0.717, 1.165) is 0 Å². The number of carbonyl (C=O) groups is 1. The topological polar surface area (TPSA) is 40.9 Å². The van der Waals surface area contributed by atoms with E-state index >= 15 is 0 Å². The van der Waals surface area contributed by atoms with Crippen molar-refractivity contribution < 1.29 is 9.18 Å². The Labute approximate surface area is 95.8 Å². The Morgan fingerprint density at radius 1 is 1.67 bits per heavy atom. The molecule has 1 unspecified atom stereocenters. The zero-order valence-corrected chi connectivity index (χ0v) is 9.71. The van der Waals surface area contributed by atoms with Crippen LogP contribution in [0.1, 0.15) is 24.8 Å². The number of benzene rings is 1. The van der Waals surface area contributed by atoms with E-state index in [9.17, 15) is 9.18 Å². The zero-order valence-electron chi connectivity index (χ0n) is 8.13. The number of carbonyl (C=O) groups excluding carboxylic acids is 1. The van der Waals surface area contributed by atoms with Crippen molar-refractivity contribution in [3.05, 3.63) is 34.1 Å². The molecule has 0 radical (unpaired) electrons. The van der Waals surface area contributed by atoms with Crippen LogP contribution in [0, 0.1) is 17.1 Å². The van der Waals surface area contributed by atoms with Gasteiger partial charge in [-0.05, 0) is 28.9 Å². The monoisotopic (exact) mass is 269 g/mol. The van der Waals surface area contributed by atoms with Crippen LogP contribution in [0.4, 0.5) is 4.39 Å². The van der Waals surface area contributed by atoms with Crippen molar-refractivity contribution in [2.24, 2.45) is 0 Å². The maximum absolute atomic E-state index is 13.6. The number of ketones is 1. The first-order valence-corrected chi connectivity index (χ1v) is 5.18. The minimum atomic E-state index is -0.708. The maximum atomic E-state index is 13.6. The number of nitriles is 1. The number of hydrogen-bond donors (Lipinski definition) is 0. The number of hydrogen-bond acceptors (Lipinski definition) is 2. The van der Waals surface area contributed by atoms with Gasteiger partial charge < -0.3 is 0 Å². The molecule has 1 rings (SSSR count).